The lowest BCUT2D eigenvalue weighted by molar-refractivity contribution is 1.12. The Kier molecular flexibility index (Phi) is 7.34. The van der Waals surface area contributed by atoms with Gasteiger partial charge in [-0.25, -0.2) is 0 Å². The largest absolute Gasteiger partial charge is 0.261 e. The van der Waals surface area contributed by atoms with Crippen LogP contribution >= 0.6 is 0 Å². The van der Waals surface area contributed by atoms with Crippen LogP contribution in [0.15, 0.2) is 18.6 Å². The van der Waals surface area contributed by atoms with Gasteiger partial charge in [0.25, 0.3) is 0 Å². The van der Waals surface area contributed by atoms with Crippen molar-refractivity contribution < 1.29 is 1.37 Å². The molecule has 1 rings (SSSR count). The molecule has 0 aliphatic rings. The summed E-state index contributed by atoms with van der Waals surface area (Å²) in [6.07, 6.45) is 5.06. The van der Waals surface area contributed by atoms with Crippen molar-refractivity contribution >= 4 is 0 Å². The van der Waals surface area contributed by atoms with E-state index in [0.29, 0.717) is 0 Å². The first-order chi connectivity index (χ1) is 5.39. The van der Waals surface area contributed by atoms with Crippen LogP contribution in [0.3, 0.4) is 0 Å². The van der Waals surface area contributed by atoms with Crippen molar-refractivity contribution in [2.75, 3.05) is 0 Å². The van der Waals surface area contributed by atoms with Crippen LogP contribution in [0.25, 0.3) is 0 Å². The highest BCUT2D eigenvalue weighted by atomic mass is 14.7. The van der Waals surface area contributed by atoms with Crippen LogP contribution in [0.4, 0.5) is 0 Å². The predicted octanol–water partition coefficient (Wildman–Crippen LogP) is 2.45. The number of aromatic nitrogens is 2. The van der Waals surface area contributed by atoms with Gasteiger partial charge in [-0.2, -0.15) is 0 Å². The number of rotatable bonds is 0. The molecular weight excluding hydrogens is 124 g/mol. The van der Waals surface area contributed by atoms with Gasteiger partial charge >= 0.3 is 0 Å². The molecule has 0 amide bonds. The van der Waals surface area contributed by atoms with Crippen molar-refractivity contribution in [2.45, 2.75) is 28.2 Å². The predicted molar refractivity (Wildman–Crippen MR) is 44.8 cm³/mol. The van der Waals surface area contributed by atoms with Gasteiger partial charge in [0.1, 0.15) is 0 Å². The molecule has 0 saturated carbocycles. The molecule has 2 heteroatoms. The standard InChI is InChI=1S/C5H6N2.C2H6.CH4/c1-5-4-6-2-3-7-5;1-2;/h2-4H,1H3;1-2H3;1H4/i;;1D. The Labute approximate surface area is 64.7 Å². The molecule has 0 aromatic carbocycles. The van der Waals surface area contributed by atoms with E-state index >= 15 is 0 Å². The van der Waals surface area contributed by atoms with Crippen molar-refractivity contribution in [3.63, 3.8) is 0 Å². The lowest BCUT2D eigenvalue weighted by Crippen LogP contribution is -1.77. The van der Waals surface area contributed by atoms with Crippen molar-refractivity contribution in [1.29, 1.82) is 0 Å². The number of hydrogen-bond acceptors (Lipinski definition) is 2. The van der Waals surface area contributed by atoms with Crippen molar-refractivity contribution in [2.24, 2.45) is 0 Å². The van der Waals surface area contributed by atoms with Crippen LogP contribution in [0.1, 0.15) is 28.3 Å². The van der Waals surface area contributed by atoms with Gasteiger partial charge in [-0.05, 0) is 6.92 Å². The molecule has 0 fully saturated rings. The Morgan fingerprint density at radius 3 is 2.20 bits per heavy atom. The molecule has 0 aliphatic carbocycles. The minimum absolute atomic E-state index is 0.961. The van der Waals surface area contributed by atoms with Gasteiger partial charge in [0.2, 0.25) is 0 Å². The monoisotopic (exact) mass is 141 g/mol. The van der Waals surface area contributed by atoms with E-state index in [-0.39, 0.29) is 0 Å². The minimum Gasteiger partial charge on any atom is -0.261 e. The van der Waals surface area contributed by atoms with Gasteiger partial charge in [-0.3, -0.25) is 9.97 Å². The maximum absolute atomic E-state index is 5.75. The summed E-state index contributed by atoms with van der Waals surface area (Å²) in [7, 11) is 1.25. The Morgan fingerprint density at radius 1 is 1.40 bits per heavy atom. The number of aryl methyl sites for hydroxylation is 1. The highest BCUT2D eigenvalue weighted by Crippen LogP contribution is 1.81. The van der Waals surface area contributed by atoms with Crippen LogP contribution < -0.4 is 0 Å². The zero-order valence-electron chi connectivity index (χ0n) is 8.13. The summed E-state index contributed by atoms with van der Waals surface area (Å²) in [5, 5.41) is 0. The van der Waals surface area contributed by atoms with E-state index in [9.17, 15) is 0 Å². The summed E-state index contributed by atoms with van der Waals surface area (Å²) in [6.45, 7) is 5.91. The number of nitrogens with zero attached hydrogens (tertiary/aromatic N) is 2. The molecule has 1 aromatic heterocycles. The third-order valence-electron chi connectivity index (χ3n) is 0.692. The van der Waals surface area contributed by atoms with Gasteiger partial charge in [-0.1, -0.05) is 21.3 Å². The average molecular weight is 141 g/mol. The molecule has 10 heavy (non-hydrogen) atoms. The molecule has 0 aliphatic heterocycles. The van der Waals surface area contributed by atoms with E-state index < -0.39 is 0 Å². The van der Waals surface area contributed by atoms with E-state index in [1.165, 1.54) is 7.40 Å². The maximum atomic E-state index is 5.75. The Morgan fingerprint density at radius 2 is 2.00 bits per heavy atom. The van der Waals surface area contributed by atoms with E-state index in [1.54, 1.807) is 18.6 Å². The first-order valence-electron chi connectivity index (χ1n) is 4.12. The quantitative estimate of drug-likeness (QED) is 0.554. The summed E-state index contributed by atoms with van der Waals surface area (Å²) in [5.41, 5.74) is 0.961. The van der Waals surface area contributed by atoms with Crippen LogP contribution in [0.5, 0.6) is 0 Å². The zero-order valence-corrected chi connectivity index (χ0v) is 7.13. The van der Waals surface area contributed by atoms with Gasteiger partial charge in [0.05, 0.1) is 5.69 Å². The summed E-state index contributed by atoms with van der Waals surface area (Å²) in [5.74, 6) is 0. The molecule has 0 unspecified atom stereocenters. The second-order valence-electron chi connectivity index (χ2n) is 1.35. The van der Waals surface area contributed by atoms with E-state index in [1.807, 2.05) is 20.8 Å². The SMILES string of the molecule is CC.Cc1cnccn1.[2H]C. The lowest BCUT2D eigenvalue weighted by atomic mass is 10.5. The molecular formula is C8H16N2. The van der Waals surface area contributed by atoms with Gasteiger partial charge in [0, 0.05) is 20.0 Å². The molecule has 0 radical (unpaired) electrons. The normalized spacial score (nSPS) is 7.40. The van der Waals surface area contributed by atoms with Crippen LogP contribution in [0, 0.1) is 6.92 Å². The van der Waals surface area contributed by atoms with Gasteiger partial charge in [-0.15, -0.1) is 0 Å². The van der Waals surface area contributed by atoms with Crippen molar-refractivity contribution in [3.8, 4) is 0 Å². The summed E-state index contributed by atoms with van der Waals surface area (Å²) in [6, 6.07) is 0. The molecule has 2 nitrogen and oxygen atoms in total. The molecule has 0 atom stereocenters. The van der Waals surface area contributed by atoms with E-state index in [4.69, 9.17) is 1.37 Å². The third-order valence-corrected chi connectivity index (χ3v) is 0.692. The fourth-order valence-electron chi connectivity index (χ4n) is 0.374. The molecule has 1 aromatic rings. The molecule has 0 saturated heterocycles. The summed E-state index contributed by atoms with van der Waals surface area (Å²) < 4.78 is 5.75. The first kappa shape index (κ1) is 9.08. The van der Waals surface area contributed by atoms with Gasteiger partial charge in [0.15, 0.2) is 0 Å². The molecule has 0 bridgehead atoms. The molecule has 58 valence electrons. The van der Waals surface area contributed by atoms with Crippen LogP contribution in [-0.2, 0) is 0 Å². The maximum Gasteiger partial charge on any atom is 0.0555 e. The lowest BCUT2D eigenvalue weighted by Gasteiger charge is -1.81. The smallest absolute Gasteiger partial charge is 0.0555 e. The first-order valence-corrected chi connectivity index (χ1v) is 3.12. The topological polar surface area (TPSA) is 25.8 Å². The molecule has 0 spiro atoms. The Balaban J connectivity index is 0. The molecule has 0 N–H and O–H groups in total. The average Bonchev–Trinajstić information content (AvgIpc) is 2.13. The highest BCUT2D eigenvalue weighted by Gasteiger charge is 1.74. The summed E-state index contributed by atoms with van der Waals surface area (Å²) in [4.78, 5) is 7.74. The summed E-state index contributed by atoms with van der Waals surface area (Å²) >= 11 is 0. The van der Waals surface area contributed by atoms with E-state index in [0.717, 1.165) is 5.69 Å². The minimum atomic E-state index is 0.961. The fraction of sp³-hybridized carbons (Fsp3) is 0.500. The second kappa shape index (κ2) is 8.08. The Bertz CT molecular complexity index is 142. The van der Waals surface area contributed by atoms with Gasteiger partial charge < -0.3 is 0 Å². The third kappa shape index (κ3) is 5.22. The number of hydrogen-bond donors (Lipinski definition) is 0. The van der Waals surface area contributed by atoms with Crippen LogP contribution in [0.2, 0.25) is 0 Å². The van der Waals surface area contributed by atoms with Crippen molar-refractivity contribution in [1.82, 2.24) is 9.97 Å². The van der Waals surface area contributed by atoms with Crippen molar-refractivity contribution in [3.05, 3.63) is 24.3 Å². The van der Waals surface area contributed by atoms with E-state index in [2.05, 4.69) is 9.97 Å². The fourth-order valence-corrected chi connectivity index (χ4v) is 0.374. The Hall–Kier alpha value is -0.920. The molecule has 1 heterocycles. The second-order valence-corrected chi connectivity index (χ2v) is 1.35. The van der Waals surface area contributed by atoms with Crippen LogP contribution in [-0.4, -0.2) is 9.97 Å². The zero-order chi connectivity index (χ0) is 9.11. The highest BCUT2D eigenvalue weighted by molar-refractivity contribution is 4.88.